The van der Waals surface area contributed by atoms with Crippen molar-refractivity contribution in [2.75, 3.05) is 23.3 Å². The summed E-state index contributed by atoms with van der Waals surface area (Å²) in [5, 5.41) is 0. The van der Waals surface area contributed by atoms with Crippen LogP contribution < -0.4 is 20.9 Å². The zero-order chi connectivity index (χ0) is 21.7. The second-order valence-electron chi connectivity index (χ2n) is 5.87. The molecule has 0 aliphatic heterocycles. The van der Waals surface area contributed by atoms with Crippen molar-refractivity contribution >= 4 is 33.6 Å². The van der Waals surface area contributed by atoms with Crippen LogP contribution >= 0.6 is 0 Å². The number of esters is 1. The van der Waals surface area contributed by atoms with E-state index in [9.17, 15) is 13.2 Å². The van der Waals surface area contributed by atoms with Crippen molar-refractivity contribution in [1.29, 1.82) is 0 Å². The Labute approximate surface area is 172 Å². The van der Waals surface area contributed by atoms with Gasteiger partial charge in [-0.25, -0.2) is 13.2 Å². The van der Waals surface area contributed by atoms with E-state index in [1.807, 2.05) is 0 Å². The predicted molar refractivity (Wildman–Crippen MR) is 108 cm³/mol. The summed E-state index contributed by atoms with van der Waals surface area (Å²) in [5.41, 5.74) is 11.0. The molecular formula is C18H18N6O5S. The molecule has 5 N–H and O–H groups in total. The standard InChI is InChI=1S/C18H18N6O5S/c1-28-11-6-8-12(9-7-11)30(26,27)24-14-5-3-2-4-13(14)16(25)29-10-15-21-17(19)23-18(20)22-15/h2-9,24H,10H2,1H3,(H4,19,20,21,22,23). The van der Waals surface area contributed by atoms with Gasteiger partial charge in [0.05, 0.1) is 23.3 Å². The zero-order valence-electron chi connectivity index (χ0n) is 15.8. The van der Waals surface area contributed by atoms with Crippen LogP contribution in [0.25, 0.3) is 0 Å². The molecule has 1 heterocycles. The van der Waals surface area contributed by atoms with Gasteiger partial charge in [-0.2, -0.15) is 15.0 Å². The minimum absolute atomic E-state index is 0.00241. The molecule has 2 aromatic carbocycles. The highest BCUT2D eigenvalue weighted by atomic mass is 32.2. The molecule has 3 rings (SSSR count). The molecule has 11 nitrogen and oxygen atoms in total. The third kappa shape index (κ3) is 4.91. The van der Waals surface area contributed by atoms with Crippen molar-refractivity contribution in [3.05, 3.63) is 59.9 Å². The monoisotopic (exact) mass is 430 g/mol. The summed E-state index contributed by atoms with van der Waals surface area (Å²) in [5.74, 6) is -0.440. The SMILES string of the molecule is COc1ccc(S(=O)(=O)Nc2ccccc2C(=O)OCc2nc(N)nc(N)n2)cc1. The second-order valence-corrected chi connectivity index (χ2v) is 7.55. The number of anilines is 3. The van der Waals surface area contributed by atoms with E-state index in [1.165, 1.54) is 43.5 Å². The molecule has 3 aromatic rings. The van der Waals surface area contributed by atoms with E-state index in [0.717, 1.165) is 0 Å². The van der Waals surface area contributed by atoms with Gasteiger partial charge in [0, 0.05) is 0 Å². The van der Waals surface area contributed by atoms with E-state index in [4.69, 9.17) is 20.9 Å². The molecule has 0 fully saturated rings. The van der Waals surface area contributed by atoms with Crippen LogP contribution in [0.3, 0.4) is 0 Å². The van der Waals surface area contributed by atoms with Crippen molar-refractivity contribution in [3.63, 3.8) is 0 Å². The number of nitrogens with two attached hydrogens (primary N) is 2. The van der Waals surface area contributed by atoms with Gasteiger partial charge in [0.25, 0.3) is 10.0 Å². The topological polar surface area (TPSA) is 172 Å². The van der Waals surface area contributed by atoms with Crippen molar-refractivity contribution in [3.8, 4) is 5.75 Å². The van der Waals surface area contributed by atoms with Gasteiger partial charge in [0.1, 0.15) is 5.75 Å². The fourth-order valence-corrected chi connectivity index (χ4v) is 3.52. The Balaban J connectivity index is 1.78. The van der Waals surface area contributed by atoms with Crippen molar-refractivity contribution < 1.29 is 22.7 Å². The first-order valence-electron chi connectivity index (χ1n) is 8.47. The number of hydrogen-bond donors (Lipinski definition) is 3. The number of aromatic nitrogens is 3. The number of carbonyl (C=O) groups excluding carboxylic acids is 1. The number of ether oxygens (including phenoxy) is 2. The first-order chi connectivity index (χ1) is 14.3. The molecule has 0 saturated heterocycles. The number of carbonyl (C=O) groups is 1. The van der Waals surface area contributed by atoms with Crippen LogP contribution in [0, 0.1) is 0 Å². The molecule has 0 bridgehead atoms. The lowest BCUT2D eigenvalue weighted by atomic mass is 10.2. The van der Waals surface area contributed by atoms with Crippen molar-refractivity contribution in [1.82, 2.24) is 15.0 Å². The van der Waals surface area contributed by atoms with Gasteiger partial charge in [-0.3, -0.25) is 4.72 Å². The average molecular weight is 430 g/mol. The molecule has 0 radical (unpaired) electrons. The van der Waals surface area contributed by atoms with Crippen molar-refractivity contribution in [2.24, 2.45) is 0 Å². The van der Waals surface area contributed by atoms with E-state index in [2.05, 4.69) is 19.7 Å². The van der Waals surface area contributed by atoms with Crippen LogP contribution in [0.1, 0.15) is 16.2 Å². The third-order valence-corrected chi connectivity index (χ3v) is 5.19. The molecule has 0 aliphatic carbocycles. The van der Waals surface area contributed by atoms with Crippen molar-refractivity contribution in [2.45, 2.75) is 11.5 Å². The van der Waals surface area contributed by atoms with Crippen LogP contribution in [0.4, 0.5) is 17.6 Å². The highest BCUT2D eigenvalue weighted by molar-refractivity contribution is 7.92. The number of sulfonamides is 1. The molecule has 0 amide bonds. The van der Waals surface area contributed by atoms with Gasteiger partial charge in [0.15, 0.2) is 12.4 Å². The van der Waals surface area contributed by atoms with E-state index < -0.39 is 16.0 Å². The van der Waals surface area contributed by atoms with Gasteiger partial charge in [0.2, 0.25) is 11.9 Å². The number of nitrogens with zero attached hydrogens (tertiary/aromatic N) is 3. The lowest BCUT2D eigenvalue weighted by Gasteiger charge is -2.12. The summed E-state index contributed by atoms with van der Waals surface area (Å²) in [6.45, 7) is -0.324. The number of methoxy groups -OCH3 is 1. The fraction of sp³-hybridized carbons (Fsp3) is 0.111. The molecule has 0 unspecified atom stereocenters. The number of nitrogen functional groups attached to an aromatic ring is 2. The molecule has 0 atom stereocenters. The average Bonchev–Trinajstić information content (AvgIpc) is 2.71. The number of benzene rings is 2. The summed E-state index contributed by atoms with van der Waals surface area (Å²) in [4.78, 5) is 23.8. The molecule has 156 valence electrons. The Morgan fingerprint density at radius 2 is 1.63 bits per heavy atom. The van der Waals surface area contributed by atoms with Crippen LogP contribution in [0.2, 0.25) is 0 Å². The normalized spacial score (nSPS) is 11.0. The van der Waals surface area contributed by atoms with Crippen LogP contribution in [-0.4, -0.2) is 36.4 Å². The first-order valence-corrected chi connectivity index (χ1v) is 9.96. The first kappa shape index (κ1) is 20.8. The maximum atomic E-state index is 12.7. The Morgan fingerprint density at radius 1 is 1.00 bits per heavy atom. The number of rotatable bonds is 7. The van der Waals surface area contributed by atoms with E-state index in [0.29, 0.717) is 5.75 Å². The van der Waals surface area contributed by atoms with E-state index in [1.54, 1.807) is 12.1 Å². The lowest BCUT2D eigenvalue weighted by Crippen LogP contribution is -2.17. The summed E-state index contributed by atoms with van der Waals surface area (Å²) >= 11 is 0. The molecule has 0 aliphatic rings. The third-order valence-electron chi connectivity index (χ3n) is 3.81. The molecule has 0 spiro atoms. The van der Waals surface area contributed by atoms with E-state index in [-0.39, 0.29) is 40.5 Å². The molecule has 12 heteroatoms. The van der Waals surface area contributed by atoms with Crippen LogP contribution in [-0.2, 0) is 21.4 Å². The Bertz CT molecular complexity index is 1150. The smallest absolute Gasteiger partial charge is 0.340 e. The van der Waals surface area contributed by atoms with E-state index >= 15 is 0 Å². The van der Waals surface area contributed by atoms with Gasteiger partial charge in [-0.15, -0.1) is 0 Å². The number of nitrogens with one attached hydrogen (secondary N) is 1. The summed E-state index contributed by atoms with van der Waals surface area (Å²) < 4.78 is 37.9. The maximum absolute atomic E-state index is 12.7. The van der Waals surface area contributed by atoms with Gasteiger partial charge < -0.3 is 20.9 Å². The lowest BCUT2D eigenvalue weighted by molar-refractivity contribution is 0.0463. The molecule has 1 aromatic heterocycles. The highest BCUT2D eigenvalue weighted by Crippen LogP contribution is 2.22. The van der Waals surface area contributed by atoms with Gasteiger partial charge in [-0.05, 0) is 36.4 Å². The minimum atomic E-state index is -3.95. The maximum Gasteiger partial charge on any atom is 0.340 e. The minimum Gasteiger partial charge on any atom is -0.497 e. The molecule has 30 heavy (non-hydrogen) atoms. The Hall–Kier alpha value is -3.93. The Morgan fingerprint density at radius 3 is 2.27 bits per heavy atom. The predicted octanol–water partition coefficient (Wildman–Crippen LogP) is 1.20. The largest absolute Gasteiger partial charge is 0.497 e. The summed E-state index contributed by atoms with van der Waals surface area (Å²) in [7, 11) is -2.48. The zero-order valence-corrected chi connectivity index (χ0v) is 16.6. The van der Waals surface area contributed by atoms with Gasteiger partial charge >= 0.3 is 5.97 Å². The number of para-hydroxylation sites is 1. The summed E-state index contributed by atoms with van der Waals surface area (Å²) in [6, 6.07) is 11.8. The highest BCUT2D eigenvalue weighted by Gasteiger charge is 2.20. The second kappa shape index (κ2) is 8.61. The molecular weight excluding hydrogens is 412 g/mol. The number of hydrogen-bond acceptors (Lipinski definition) is 10. The molecule has 0 saturated carbocycles. The summed E-state index contributed by atoms with van der Waals surface area (Å²) in [6.07, 6.45) is 0. The van der Waals surface area contributed by atoms with Gasteiger partial charge in [-0.1, -0.05) is 12.1 Å². The Kier molecular flexibility index (Phi) is 5.97. The van der Waals surface area contributed by atoms with Crippen LogP contribution in [0.5, 0.6) is 5.75 Å². The van der Waals surface area contributed by atoms with Crippen LogP contribution in [0.15, 0.2) is 53.4 Å². The fourth-order valence-electron chi connectivity index (χ4n) is 2.44. The quantitative estimate of drug-likeness (QED) is 0.462.